The van der Waals surface area contributed by atoms with E-state index in [2.05, 4.69) is 17.2 Å². The number of carbonyl (C=O) groups is 1. The van der Waals surface area contributed by atoms with Crippen LogP contribution in [-0.2, 0) is 0 Å². The monoisotopic (exact) mass is 311 g/mol. The Bertz CT molecular complexity index is 789. The van der Waals surface area contributed by atoms with Gasteiger partial charge in [-0.1, -0.05) is 24.1 Å². The van der Waals surface area contributed by atoms with Crippen LogP contribution in [0.4, 0.5) is 0 Å². The minimum atomic E-state index is -1.11. The molecule has 1 aliphatic rings. The minimum Gasteiger partial charge on any atom is -0.491 e. The lowest BCUT2D eigenvalue weighted by Crippen LogP contribution is -2.29. The van der Waals surface area contributed by atoms with Crippen LogP contribution in [0.1, 0.15) is 41.8 Å². The summed E-state index contributed by atoms with van der Waals surface area (Å²) in [5, 5.41) is 12.5. The summed E-state index contributed by atoms with van der Waals surface area (Å²) in [6.07, 6.45) is 0. The summed E-state index contributed by atoms with van der Waals surface area (Å²) in [4.78, 5) is 12.3. The molecule has 1 aromatic heterocycles. The molecule has 0 bridgehead atoms. The first-order valence-corrected chi connectivity index (χ1v) is 7.30. The van der Waals surface area contributed by atoms with Gasteiger partial charge in [-0.25, -0.2) is 0 Å². The highest BCUT2D eigenvalue weighted by Gasteiger charge is 2.26. The standard InChI is InChI=1S/C18H17NO4/c1-18(2,21)10-9-12-7-8-16(23-12)17(20)19-14-11-22-15-6-4-3-5-13(14)15/h3-8,14,21H,11H2,1-2H3,(H,19,20)/t14-/m0/s1. The van der Waals surface area contributed by atoms with Gasteiger partial charge in [0, 0.05) is 5.56 Å². The third-order valence-electron chi connectivity index (χ3n) is 3.33. The van der Waals surface area contributed by atoms with Crippen molar-refractivity contribution in [1.29, 1.82) is 0 Å². The van der Waals surface area contributed by atoms with E-state index in [0.717, 1.165) is 11.3 Å². The van der Waals surface area contributed by atoms with Crippen molar-refractivity contribution in [2.75, 3.05) is 6.61 Å². The average molecular weight is 311 g/mol. The molecule has 23 heavy (non-hydrogen) atoms. The highest BCUT2D eigenvalue weighted by atomic mass is 16.5. The molecule has 118 valence electrons. The summed E-state index contributed by atoms with van der Waals surface area (Å²) in [5.41, 5.74) is -0.158. The lowest BCUT2D eigenvalue weighted by Gasteiger charge is -2.10. The van der Waals surface area contributed by atoms with Gasteiger partial charge in [-0.05, 0) is 38.0 Å². The van der Waals surface area contributed by atoms with Gasteiger partial charge in [-0.15, -0.1) is 0 Å². The van der Waals surface area contributed by atoms with Crippen LogP contribution >= 0.6 is 0 Å². The molecular weight excluding hydrogens is 294 g/mol. The number of aliphatic hydroxyl groups is 1. The largest absolute Gasteiger partial charge is 0.491 e. The SMILES string of the molecule is CC(C)(O)C#Cc1ccc(C(=O)N[C@H]2COc3ccccc32)o1. The molecule has 2 heterocycles. The number of rotatable bonds is 2. The average Bonchev–Trinajstić information content (AvgIpc) is 3.12. The molecule has 0 saturated heterocycles. The molecule has 0 saturated carbocycles. The second kappa shape index (κ2) is 5.82. The summed E-state index contributed by atoms with van der Waals surface area (Å²) in [7, 11) is 0. The molecule has 2 aromatic rings. The molecule has 5 heteroatoms. The van der Waals surface area contributed by atoms with Crippen LogP contribution < -0.4 is 10.1 Å². The van der Waals surface area contributed by atoms with Gasteiger partial charge in [0.1, 0.15) is 18.0 Å². The third-order valence-corrected chi connectivity index (χ3v) is 3.33. The van der Waals surface area contributed by atoms with Gasteiger partial charge in [0.15, 0.2) is 11.5 Å². The number of fused-ring (bicyclic) bond motifs is 1. The van der Waals surface area contributed by atoms with Crippen LogP contribution in [0.15, 0.2) is 40.8 Å². The molecule has 1 amide bonds. The van der Waals surface area contributed by atoms with E-state index >= 15 is 0 Å². The second-order valence-electron chi connectivity index (χ2n) is 5.85. The van der Waals surface area contributed by atoms with Crippen LogP contribution in [-0.4, -0.2) is 23.2 Å². The van der Waals surface area contributed by atoms with E-state index < -0.39 is 5.60 Å². The third kappa shape index (κ3) is 3.55. The van der Waals surface area contributed by atoms with Gasteiger partial charge in [-0.3, -0.25) is 4.79 Å². The Balaban J connectivity index is 1.70. The Kier molecular flexibility index (Phi) is 3.85. The number of para-hydroxylation sites is 1. The van der Waals surface area contributed by atoms with E-state index in [1.807, 2.05) is 24.3 Å². The Morgan fingerprint density at radius 2 is 2.09 bits per heavy atom. The number of amides is 1. The predicted octanol–water partition coefficient (Wildman–Crippen LogP) is 2.27. The Hall–Kier alpha value is -2.71. The van der Waals surface area contributed by atoms with Crippen LogP contribution in [0.2, 0.25) is 0 Å². The summed E-state index contributed by atoms with van der Waals surface area (Å²) in [5.74, 6) is 6.30. The first-order valence-electron chi connectivity index (χ1n) is 7.30. The van der Waals surface area contributed by atoms with Gasteiger partial charge in [0.2, 0.25) is 0 Å². The highest BCUT2D eigenvalue weighted by molar-refractivity contribution is 5.92. The fourth-order valence-corrected chi connectivity index (χ4v) is 2.25. The van der Waals surface area contributed by atoms with Crippen molar-refractivity contribution in [3.63, 3.8) is 0 Å². The maximum atomic E-state index is 12.3. The summed E-state index contributed by atoms with van der Waals surface area (Å²) >= 11 is 0. The maximum Gasteiger partial charge on any atom is 0.287 e. The van der Waals surface area contributed by atoms with Crippen molar-refractivity contribution in [1.82, 2.24) is 5.32 Å². The van der Waals surface area contributed by atoms with E-state index in [9.17, 15) is 9.90 Å². The molecule has 0 aliphatic carbocycles. The van der Waals surface area contributed by atoms with Crippen molar-refractivity contribution in [3.05, 3.63) is 53.5 Å². The van der Waals surface area contributed by atoms with Crippen molar-refractivity contribution in [3.8, 4) is 17.6 Å². The molecule has 0 unspecified atom stereocenters. The molecule has 0 spiro atoms. The molecule has 5 nitrogen and oxygen atoms in total. The smallest absolute Gasteiger partial charge is 0.287 e. The van der Waals surface area contributed by atoms with Gasteiger partial charge in [0.25, 0.3) is 5.91 Å². The lowest BCUT2D eigenvalue weighted by atomic mass is 10.1. The predicted molar refractivity (Wildman–Crippen MR) is 84.0 cm³/mol. The van der Waals surface area contributed by atoms with E-state index in [1.165, 1.54) is 0 Å². The number of carbonyl (C=O) groups excluding carboxylic acids is 1. The van der Waals surface area contributed by atoms with Gasteiger partial charge < -0.3 is 19.6 Å². The molecule has 2 N–H and O–H groups in total. The first kappa shape index (κ1) is 15.2. The number of benzene rings is 1. The topological polar surface area (TPSA) is 71.7 Å². The number of furan rings is 1. The molecule has 1 aromatic carbocycles. The van der Waals surface area contributed by atoms with Crippen molar-refractivity contribution < 1.29 is 19.1 Å². The summed E-state index contributed by atoms with van der Waals surface area (Å²) in [6, 6.07) is 10.6. The molecule has 1 atom stereocenters. The fraction of sp³-hybridized carbons (Fsp3) is 0.278. The highest BCUT2D eigenvalue weighted by Crippen LogP contribution is 2.31. The zero-order valence-electron chi connectivity index (χ0n) is 12.9. The minimum absolute atomic E-state index is 0.175. The summed E-state index contributed by atoms with van der Waals surface area (Å²) < 4.78 is 10.9. The normalized spacial score (nSPS) is 16.0. The Morgan fingerprint density at radius 1 is 1.30 bits per heavy atom. The molecule has 3 rings (SSSR count). The quantitative estimate of drug-likeness (QED) is 0.835. The first-order chi connectivity index (χ1) is 10.9. The van der Waals surface area contributed by atoms with Crippen molar-refractivity contribution >= 4 is 5.91 Å². The van der Waals surface area contributed by atoms with Crippen molar-refractivity contribution in [2.24, 2.45) is 0 Å². The van der Waals surface area contributed by atoms with Crippen LogP contribution in [0, 0.1) is 11.8 Å². The fourth-order valence-electron chi connectivity index (χ4n) is 2.25. The number of hydrogen-bond donors (Lipinski definition) is 2. The second-order valence-corrected chi connectivity index (χ2v) is 5.85. The van der Waals surface area contributed by atoms with Crippen LogP contribution in [0.25, 0.3) is 0 Å². The Morgan fingerprint density at radius 3 is 2.87 bits per heavy atom. The van der Waals surface area contributed by atoms with E-state index in [-0.39, 0.29) is 17.7 Å². The van der Waals surface area contributed by atoms with Crippen molar-refractivity contribution in [2.45, 2.75) is 25.5 Å². The number of ether oxygens (including phenoxy) is 1. The van der Waals surface area contributed by atoms with E-state index in [1.54, 1.807) is 26.0 Å². The van der Waals surface area contributed by atoms with Crippen LogP contribution in [0.3, 0.4) is 0 Å². The van der Waals surface area contributed by atoms with Gasteiger partial charge in [-0.2, -0.15) is 0 Å². The molecule has 1 aliphatic heterocycles. The van der Waals surface area contributed by atoms with Gasteiger partial charge >= 0.3 is 0 Å². The number of hydrogen-bond acceptors (Lipinski definition) is 4. The van der Waals surface area contributed by atoms with E-state index in [0.29, 0.717) is 12.4 Å². The zero-order valence-corrected chi connectivity index (χ0v) is 12.9. The lowest BCUT2D eigenvalue weighted by molar-refractivity contribution is 0.0901. The number of nitrogens with one attached hydrogen (secondary N) is 1. The molecule has 0 fully saturated rings. The zero-order chi connectivity index (χ0) is 16.4. The van der Waals surface area contributed by atoms with Crippen LogP contribution in [0.5, 0.6) is 5.75 Å². The molecular formula is C18H17NO4. The summed E-state index contributed by atoms with van der Waals surface area (Å²) in [6.45, 7) is 3.55. The maximum absolute atomic E-state index is 12.3. The Labute approximate surface area is 134 Å². The van der Waals surface area contributed by atoms with E-state index in [4.69, 9.17) is 9.15 Å². The molecule has 0 radical (unpaired) electrons. The van der Waals surface area contributed by atoms with Gasteiger partial charge in [0.05, 0.1) is 6.04 Å².